The van der Waals surface area contributed by atoms with Crippen LogP contribution in [-0.4, -0.2) is 18.8 Å². The fourth-order valence-corrected chi connectivity index (χ4v) is 3.81. The van der Waals surface area contributed by atoms with Crippen LogP contribution in [0.5, 0.6) is 0 Å². The summed E-state index contributed by atoms with van der Waals surface area (Å²) < 4.78 is 4.18. The summed E-state index contributed by atoms with van der Waals surface area (Å²) in [6.07, 6.45) is 0. The number of ether oxygens (including phenoxy) is 1. The van der Waals surface area contributed by atoms with Gasteiger partial charge in [-0.1, -0.05) is 54.2 Å². The number of anilines is 3. The van der Waals surface area contributed by atoms with Gasteiger partial charge in [0.2, 0.25) is 0 Å². The number of hydrogen-bond donors (Lipinski definition) is 1. The molecule has 0 N–H and O–H groups in total. The number of esters is 1. The highest BCUT2D eigenvalue weighted by Gasteiger charge is 2.23. The Morgan fingerprint density at radius 1 is 0.885 bits per heavy atom. The van der Waals surface area contributed by atoms with Crippen LogP contribution in [0.4, 0.5) is 17.1 Å². The van der Waals surface area contributed by atoms with Gasteiger partial charge < -0.3 is 9.64 Å². The fourth-order valence-electron chi connectivity index (χ4n) is 2.62. The first-order valence-corrected chi connectivity index (χ1v) is 9.58. The lowest BCUT2D eigenvalue weighted by molar-refractivity contribution is -0.137. The minimum Gasteiger partial charge on any atom is -0.468 e. The van der Waals surface area contributed by atoms with Crippen molar-refractivity contribution < 1.29 is 9.53 Å². The summed E-state index contributed by atoms with van der Waals surface area (Å²) in [6.45, 7) is 0. The Labute approximate surface area is 163 Å². The minimum atomic E-state index is -0.293. The summed E-state index contributed by atoms with van der Waals surface area (Å²) >= 11 is 5.46. The summed E-state index contributed by atoms with van der Waals surface area (Å²) in [6, 6.07) is 27.7. The molecule has 132 valence electrons. The van der Waals surface area contributed by atoms with Gasteiger partial charge in [-0.05, 0) is 36.4 Å². The monoisotopic (exact) mass is 381 g/mol. The highest BCUT2D eigenvalue weighted by atomic mass is 32.2. The van der Waals surface area contributed by atoms with E-state index in [4.69, 9.17) is 0 Å². The second-order valence-corrected chi connectivity index (χ2v) is 6.84. The molecule has 0 spiro atoms. The van der Waals surface area contributed by atoms with E-state index in [1.54, 1.807) is 0 Å². The number of benzene rings is 3. The van der Waals surface area contributed by atoms with Crippen molar-refractivity contribution in [1.29, 1.82) is 0 Å². The van der Waals surface area contributed by atoms with Gasteiger partial charge in [0, 0.05) is 15.5 Å². The SMILES string of the molecule is COC(=O)CS.c1ccc(N2c3ccccc3Sc3ccccc32)cc1. The predicted octanol–water partition coefficient (Wildman–Crippen LogP) is 5.71. The maximum absolute atomic E-state index is 9.88. The molecular formula is C21H19NO2S2. The van der Waals surface area contributed by atoms with E-state index in [0.29, 0.717) is 0 Å². The number of thiol groups is 1. The topological polar surface area (TPSA) is 29.5 Å². The maximum Gasteiger partial charge on any atom is 0.315 e. The quantitative estimate of drug-likeness (QED) is 0.356. The standard InChI is InChI=1S/C18H13NS.C3H6O2S/c1-2-8-14(9-3-1)19-15-10-4-6-12-17(15)20-18-13-7-5-11-16(18)19;1-5-3(4)2-6/h1-13H;6H,2H2,1H3. The zero-order valence-electron chi connectivity index (χ0n) is 14.3. The Morgan fingerprint density at radius 3 is 1.85 bits per heavy atom. The Bertz CT molecular complexity index is 832. The predicted molar refractivity (Wildman–Crippen MR) is 111 cm³/mol. The molecule has 3 aromatic rings. The summed E-state index contributed by atoms with van der Waals surface area (Å²) in [5.41, 5.74) is 3.71. The fraction of sp³-hybridized carbons (Fsp3) is 0.0952. The van der Waals surface area contributed by atoms with E-state index in [9.17, 15) is 4.79 Å². The largest absolute Gasteiger partial charge is 0.468 e. The van der Waals surface area contributed by atoms with E-state index >= 15 is 0 Å². The van der Waals surface area contributed by atoms with Crippen LogP contribution in [0.15, 0.2) is 88.7 Å². The number of para-hydroxylation sites is 3. The molecule has 0 aromatic heterocycles. The van der Waals surface area contributed by atoms with Crippen LogP contribution in [0, 0.1) is 0 Å². The average molecular weight is 382 g/mol. The molecule has 1 aliphatic heterocycles. The van der Waals surface area contributed by atoms with E-state index in [-0.39, 0.29) is 11.7 Å². The molecular weight excluding hydrogens is 362 g/mol. The molecule has 0 bridgehead atoms. The van der Waals surface area contributed by atoms with E-state index in [1.807, 2.05) is 11.8 Å². The molecule has 5 heteroatoms. The summed E-state index contributed by atoms with van der Waals surface area (Å²) in [7, 11) is 1.33. The summed E-state index contributed by atoms with van der Waals surface area (Å²) in [5.74, 6) is -0.130. The van der Waals surface area contributed by atoms with Gasteiger partial charge in [0.05, 0.1) is 24.2 Å². The molecule has 0 unspecified atom stereocenters. The first-order valence-electron chi connectivity index (χ1n) is 8.13. The zero-order valence-corrected chi connectivity index (χ0v) is 16.0. The van der Waals surface area contributed by atoms with Crippen molar-refractivity contribution in [3.05, 3.63) is 78.9 Å². The van der Waals surface area contributed by atoms with Gasteiger partial charge in [0.25, 0.3) is 0 Å². The van der Waals surface area contributed by atoms with Crippen LogP contribution in [0.25, 0.3) is 0 Å². The van der Waals surface area contributed by atoms with Gasteiger partial charge in [0.15, 0.2) is 0 Å². The van der Waals surface area contributed by atoms with Gasteiger partial charge in [0.1, 0.15) is 0 Å². The Hall–Kier alpha value is -2.37. The second kappa shape index (κ2) is 8.83. The van der Waals surface area contributed by atoms with Crippen molar-refractivity contribution in [3.63, 3.8) is 0 Å². The molecule has 0 saturated carbocycles. The van der Waals surface area contributed by atoms with Gasteiger partial charge in [-0.15, -0.1) is 0 Å². The third-order valence-electron chi connectivity index (χ3n) is 3.80. The molecule has 3 aromatic carbocycles. The van der Waals surface area contributed by atoms with Crippen LogP contribution in [0.1, 0.15) is 0 Å². The Balaban J connectivity index is 0.000000286. The molecule has 3 nitrogen and oxygen atoms in total. The Kier molecular flexibility index (Phi) is 6.26. The van der Waals surface area contributed by atoms with E-state index < -0.39 is 0 Å². The third kappa shape index (κ3) is 4.06. The van der Waals surface area contributed by atoms with E-state index in [1.165, 1.54) is 34.0 Å². The lowest BCUT2D eigenvalue weighted by Gasteiger charge is -2.32. The van der Waals surface area contributed by atoms with Gasteiger partial charge in [-0.3, -0.25) is 4.79 Å². The van der Waals surface area contributed by atoms with Crippen molar-refractivity contribution >= 4 is 47.4 Å². The van der Waals surface area contributed by atoms with Crippen molar-refractivity contribution in [3.8, 4) is 0 Å². The summed E-state index contributed by atoms with van der Waals surface area (Å²) in [4.78, 5) is 14.8. The summed E-state index contributed by atoms with van der Waals surface area (Å²) in [5, 5.41) is 0. The van der Waals surface area contributed by atoms with E-state index in [2.05, 4.69) is 101 Å². The van der Waals surface area contributed by atoms with Crippen LogP contribution < -0.4 is 4.90 Å². The van der Waals surface area contributed by atoms with Gasteiger partial charge in [-0.25, -0.2) is 0 Å². The lowest BCUT2D eigenvalue weighted by atomic mass is 10.2. The van der Waals surface area contributed by atoms with Crippen LogP contribution >= 0.6 is 24.4 Å². The first kappa shape index (κ1) is 18.4. The number of fused-ring (bicyclic) bond motifs is 2. The average Bonchev–Trinajstić information content (AvgIpc) is 2.72. The molecule has 4 rings (SSSR count). The molecule has 0 aliphatic carbocycles. The molecule has 0 saturated heterocycles. The molecule has 0 fully saturated rings. The number of nitrogens with zero attached hydrogens (tertiary/aromatic N) is 1. The number of rotatable bonds is 2. The number of carbonyl (C=O) groups is 1. The smallest absolute Gasteiger partial charge is 0.315 e. The molecule has 0 radical (unpaired) electrons. The second-order valence-electron chi connectivity index (χ2n) is 5.44. The number of hydrogen-bond acceptors (Lipinski definition) is 5. The van der Waals surface area contributed by atoms with Crippen LogP contribution in [0.3, 0.4) is 0 Å². The van der Waals surface area contributed by atoms with Gasteiger partial charge >= 0.3 is 5.97 Å². The van der Waals surface area contributed by atoms with Crippen molar-refractivity contribution in [2.24, 2.45) is 0 Å². The normalized spacial score (nSPS) is 11.5. The van der Waals surface area contributed by atoms with Crippen LogP contribution in [0.2, 0.25) is 0 Å². The first-order chi connectivity index (χ1) is 12.7. The molecule has 0 atom stereocenters. The van der Waals surface area contributed by atoms with Crippen molar-refractivity contribution in [2.75, 3.05) is 17.8 Å². The van der Waals surface area contributed by atoms with Crippen LogP contribution in [-0.2, 0) is 9.53 Å². The van der Waals surface area contributed by atoms with E-state index in [0.717, 1.165) is 0 Å². The number of methoxy groups -OCH3 is 1. The molecule has 26 heavy (non-hydrogen) atoms. The Morgan fingerprint density at radius 2 is 1.38 bits per heavy atom. The highest BCUT2D eigenvalue weighted by molar-refractivity contribution is 7.99. The minimum absolute atomic E-state index is 0.163. The highest BCUT2D eigenvalue weighted by Crippen LogP contribution is 2.50. The van der Waals surface area contributed by atoms with Crippen molar-refractivity contribution in [2.45, 2.75) is 9.79 Å². The molecule has 0 amide bonds. The maximum atomic E-state index is 9.88. The van der Waals surface area contributed by atoms with Gasteiger partial charge in [-0.2, -0.15) is 12.6 Å². The molecule has 1 aliphatic rings. The van der Waals surface area contributed by atoms with Crippen molar-refractivity contribution in [1.82, 2.24) is 0 Å². The third-order valence-corrected chi connectivity index (χ3v) is 5.19. The number of carbonyl (C=O) groups excluding carboxylic acids is 1. The molecule has 1 heterocycles. The zero-order chi connectivity index (χ0) is 18.4. The lowest BCUT2D eigenvalue weighted by Crippen LogP contribution is -2.14.